The van der Waals surface area contributed by atoms with Gasteiger partial charge in [-0.2, -0.15) is 0 Å². The minimum Gasteiger partial charge on any atom is -0.330 e. The van der Waals surface area contributed by atoms with Crippen molar-refractivity contribution in [3.8, 4) is 0 Å². The van der Waals surface area contributed by atoms with Crippen LogP contribution in [0.4, 0.5) is 0 Å². The number of hydrogen-bond acceptors (Lipinski definition) is 1. The molecule has 5 rings (SSSR count). The number of nitrogens with two attached hydrogens (primary N) is 1. The van der Waals surface area contributed by atoms with Crippen molar-refractivity contribution in [2.75, 3.05) is 6.54 Å². The quantitative estimate of drug-likeness (QED) is 0.824. The molecule has 3 atom stereocenters. The summed E-state index contributed by atoms with van der Waals surface area (Å²) < 4.78 is 0. The molecule has 4 fully saturated rings. The fraction of sp³-hybridized carbons (Fsp3) is 0.700. The molecule has 4 saturated carbocycles. The summed E-state index contributed by atoms with van der Waals surface area (Å²) >= 11 is 0. The van der Waals surface area contributed by atoms with E-state index in [2.05, 4.69) is 31.2 Å². The fourth-order valence-corrected chi connectivity index (χ4v) is 6.54. The van der Waals surface area contributed by atoms with Gasteiger partial charge in [-0.25, -0.2) is 0 Å². The van der Waals surface area contributed by atoms with Gasteiger partial charge in [0.05, 0.1) is 0 Å². The second-order valence-corrected chi connectivity index (χ2v) is 8.20. The Morgan fingerprint density at radius 1 is 1.09 bits per heavy atom. The Kier molecular flexibility index (Phi) is 4.58. The second kappa shape index (κ2) is 6.17. The first-order valence-corrected chi connectivity index (χ1v) is 8.97. The number of rotatable bonds is 4. The van der Waals surface area contributed by atoms with Crippen LogP contribution in [0.25, 0.3) is 0 Å². The molecule has 0 amide bonds. The third kappa shape index (κ3) is 2.51. The first-order chi connectivity index (χ1) is 10.2. The Hall–Kier alpha value is -0.530. The van der Waals surface area contributed by atoms with Gasteiger partial charge in [-0.3, -0.25) is 0 Å². The Bertz CT molecular complexity index is 512. The van der Waals surface area contributed by atoms with Crippen molar-refractivity contribution in [1.82, 2.24) is 0 Å². The van der Waals surface area contributed by atoms with Gasteiger partial charge in [0.25, 0.3) is 0 Å². The third-order valence-electron chi connectivity index (χ3n) is 6.86. The molecule has 1 nitrogen and oxygen atoms in total. The van der Waals surface area contributed by atoms with Crippen molar-refractivity contribution < 1.29 is 0 Å². The van der Waals surface area contributed by atoms with Crippen LogP contribution in [0.3, 0.4) is 0 Å². The molecule has 3 unspecified atom stereocenters. The van der Waals surface area contributed by atoms with Crippen LogP contribution in [0.2, 0.25) is 0 Å². The van der Waals surface area contributed by atoms with Gasteiger partial charge >= 0.3 is 0 Å². The summed E-state index contributed by atoms with van der Waals surface area (Å²) in [6.45, 7) is 3.18. The zero-order chi connectivity index (χ0) is 14.4. The number of halogens is 1. The van der Waals surface area contributed by atoms with Gasteiger partial charge in [0.2, 0.25) is 0 Å². The van der Waals surface area contributed by atoms with Gasteiger partial charge in [-0.1, -0.05) is 24.3 Å². The molecule has 2 heteroatoms. The van der Waals surface area contributed by atoms with E-state index in [0.717, 1.165) is 30.2 Å². The number of aryl methyl sites for hydroxylation is 1. The van der Waals surface area contributed by atoms with E-state index in [4.69, 9.17) is 5.73 Å². The van der Waals surface area contributed by atoms with Gasteiger partial charge < -0.3 is 5.73 Å². The lowest BCUT2D eigenvalue weighted by atomic mass is 9.43. The molecule has 1 aromatic rings. The van der Waals surface area contributed by atoms with E-state index in [1.54, 1.807) is 5.56 Å². The highest BCUT2D eigenvalue weighted by Crippen LogP contribution is 2.67. The van der Waals surface area contributed by atoms with Crippen LogP contribution < -0.4 is 5.73 Å². The number of benzene rings is 1. The molecule has 4 bridgehead atoms. The molecule has 0 heterocycles. The van der Waals surface area contributed by atoms with Crippen molar-refractivity contribution in [2.24, 2.45) is 28.9 Å². The molecule has 2 N–H and O–H groups in total. The molecule has 0 aromatic heterocycles. The normalized spacial score (nSPS) is 38.8. The zero-order valence-electron chi connectivity index (χ0n) is 13.8. The molecule has 4 aliphatic carbocycles. The van der Waals surface area contributed by atoms with Crippen molar-refractivity contribution in [2.45, 2.75) is 57.8 Å². The van der Waals surface area contributed by atoms with Gasteiger partial charge in [0.15, 0.2) is 0 Å². The predicted molar refractivity (Wildman–Crippen MR) is 95.4 cm³/mol. The average molecular weight is 320 g/mol. The van der Waals surface area contributed by atoms with E-state index in [-0.39, 0.29) is 12.4 Å². The van der Waals surface area contributed by atoms with Gasteiger partial charge in [0.1, 0.15) is 0 Å². The van der Waals surface area contributed by atoms with Crippen LogP contribution in [0.1, 0.15) is 62.0 Å². The van der Waals surface area contributed by atoms with Crippen molar-refractivity contribution in [3.63, 3.8) is 0 Å². The maximum Gasteiger partial charge on any atom is -0.00740 e. The van der Waals surface area contributed by atoms with E-state index < -0.39 is 0 Å². The molecule has 0 radical (unpaired) electrons. The van der Waals surface area contributed by atoms with Gasteiger partial charge in [-0.05, 0) is 98.6 Å². The van der Waals surface area contributed by atoms with Crippen LogP contribution in [-0.4, -0.2) is 6.54 Å². The summed E-state index contributed by atoms with van der Waals surface area (Å²) in [6, 6.07) is 9.19. The third-order valence-corrected chi connectivity index (χ3v) is 6.86. The highest BCUT2D eigenvalue weighted by atomic mass is 35.5. The van der Waals surface area contributed by atoms with E-state index in [0.29, 0.717) is 5.41 Å². The lowest BCUT2D eigenvalue weighted by Crippen LogP contribution is -2.51. The minimum absolute atomic E-state index is 0. The molecule has 0 spiro atoms. The number of hydrogen-bond donors (Lipinski definition) is 1. The maximum atomic E-state index is 5.87. The first kappa shape index (κ1) is 16.3. The van der Waals surface area contributed by atoms with E-state index >= 15 is 0 Å². The minimum atomic E-state index is 0. The van der Waals surface area contributed by atoms with Gasteiger partial charge in [-0.15, -0.1) is 12.4 Å². The van der Waals surface area contributed by atoms with Gasteiger partial charge in [0, 0.05) is 0 Å². The second-order valence-electron chi connectivity index (χ2n) is 8.20. The summed E-state index contributed by atoms with van der Waals surface area (Å²) in [7, 11) is 0. The first-order valence-electron chi connectivity index (χ1n) is 8.97. The molecular formula is C20H30ClN. The lowest BCUT2D eigenvalue weighted by Gasteiger charge is -2.62. The molecule has 122 valence electrons. The maximum absolute atomic E-state index is 5.87. The van der Waals surface area contributed by atoms with E-state index in [9.17, 15) is 0 Å². The van der Waals surface area contributed by atoms with Crippen LogP contribution in [0.5, 0.6) is 0 Å². The topological polar surface area (TPSA) is 26.0 Å². The van der Waals surface area contributed by atoms with Crippen molar-refractivity contribution >= 4 is 12.4 Å². The average Bonchev–Trinajstić information content (AvgIpc) is 2.46. The Morgan fingerprint density at radius 3 is 2.41 bits per heavy atom. The summed E-state index contributed by atoms with van der Waals surface area (Å²) in [5, 5.41) is 0. The van der Waals surface area contributed by atoms with Crippen LogP contribution in [0, 0.1) is 30.1 Å². The summed E-state index contributed by atoms with van der Waals surface area (Å²) in [5.74, 6) is 3.83. The fourth-order valence-electron chi connectivity index (χ4n) is 6.54. The molecule has 0 saturated heterocycles. The van der Waals surface area contributed by atoms with Crippen LogP contribution >= 0.6 is 12.4 Å². The smallest absolute Gasteiger partial charge is 0.00740 e. The summed E-state index contributed by atoms with van der Waals surface area (Å²) in [4.78, 5) is 0. The Balaban J connectivity index is 0.00000144. The van der Waals surface area contributed by atoms with E-state index in [1.807, 2.05) is 0 Å². The highest BCUT2D eigenvalue weighted by molar-refractivity contribution is 5.85. The standard InChI is InChI=1S/C20H29N.ClH/c1-14-5-2-3-6-18(14)19-17-10-15-9-16(11-17)13-20(19,12-15)7-4-8-21;/h2-3,5-6,15-17,19H,4,7-13,21H2,1H3;1H. The van der Waals surface area contributed by atoms with E-state index in [1.165, 1.54) is 50.5 Å². The van der Waals surface area contributed by atoms with Crippen molar-refractivity contribution in [3.05, 3.63) is 35.4 Å². The predicted octanol–water partition coefficient (Wildman–Crippen LogP) is 5.07. The highest BCUT2D eigenvalue weighted by Gasteiger charge is 2.56. The molecule has 22 heavy (non-hydrogen) atoms. The Labute approximate surface area is 141 Å². The summed E-state index contributed by atoms with van der Waals surface area (Å²) in [6.07, 6.45) is 10.1. The zero-order valence-corrected chi connectivity index (χ0v) is 14.6. The van der Waals surface area contributed by atoms with Crippen molar-refractivity contribution in [1.29, 1.82) is 0 Å². The monoisotopic (exact) mass is 319 g/mol. The SMILES string of the molecule is Cc1ccccc1C1C2CC3CC(C2)CC1(CCCN)C3.Cl. The molecule has 0 aliphatic heterocycles. The summed E-state index contributed by atoms with van der Waals surface area (Å²) in [5.41, 5.74) is 9.64. The van der Waals surface area contributed by atoms with Crippen LogP contribution in [0.15, 0.2) is 24.3 Å². The molecule has 4 aliphatic rings. The molecule has 1 aromatic carbocycles. The Morgan fingerprint density at radius 2 is 1.77 bits per heavy atom. The van der Waals surface area contributed by atoms with Crippen LogP contribution in [-0.2, 0) is 0 Å². The molecular weight excluding hydrogens is 290 g/mol. The lowest BCUT2D eigenvalue weighted by molar-refractivity contribution is -0.0808. The largest absolute Gasteiger partial charge is 0.330 e.